The predicted octanol–water partition coefficient (Wildman–Crippen LogP) is 1.46. The number of hydrogen-bond donors (Lipinski definition) is 1. The molecule has 3 rings (SSSR count). The third kappa shape index (κ3) is 4.54. The van der Waals surface area contributed by atoms with Crippen molar-refractivity contribution in [2.45, 2.75) is 20.4 Å². The van der Waals surface area contributed by atoms with Crippen molar-refractivity contribution in [3.8, 4) is 11.3 Å². The van der Waals surface area contributed by atoms with Gasteiger partial charge in [-0.3, -0.25) is 14.3 Å². The van der Waals surface area contributed by atoms with E-state index < -0.39 is 0 Å². The van der Waals surface area contributed by atoms with Crippen LogP contribution in [0.5, 0.6) is 0 Å². The summed E-state index contributed by atoms with van der Waals surface area (Å²) in [6.45, 7) is 8.72. The molecule has 0 unspecified atom stereocenters. The molecule has 0 radical (unpaired) electrons. The molecule has 0 saturated carbocycles. The van der Waals surface area contributed by atoms with Crippen LogP contribution in [0.3, 0.4) is 0 Å². The van der Waals surface area contributed by atoms with E-state index in [1.807, 2.05) is 36.4 Å². The fourth-order valence-electron chi connectivity index (χ4n) is 3.26. The lowest BCUT2D eigenvalue weighted by molar-refractivity contribution is -0.121. The number of likely N-dealkylation sites (N-methyl/N-ethyl adjacent to an activating group) is 1. The number of amides is 2. The first-order valence-electron chi connectivity index (χ1n) is 9.54. The van der Waals surface area contributed by atoms with Crippen molar-refractivity contribution in [2.75, 3.05) is 39.3 Å². The maximum atomic E-state index is 12.7. The second-order valence-corrected chi connectivity index (χ2v) is 6.61. The molecule has 2 heterocycles. The van der Waals surface area contributed by atoms with E-state index >= 15 is 0 Å². The number of hydrogen-bond acceptors (Lipinski definition) is 4. The van der Waals surface area contributed by atoms with Gasteiger partial charge in [-0.2, -0.15) is 5.10 Å². The summed E-state index contributed by atoms with van der Waals surface area (Å²) in [6, 6.07) is 11.6. The lowest BCUT2D eigenvalue weighted by Crippen LogP contribution is -2.46. The highest BCUT2D eigenvalue weighted by atomic mass is 16.2. The van der Waals surface area contributed by atoms with E-state index in [1.54, 1.807) is 9.58 Å². The zero-order chi connectivity index (χ0) is 19.2. The van der Waals surface area contributed by atoms with Gasteiger partial charge in [-0.05, 0) is 19.2 Å². The zero-order valence-electron chi connectivity index (χ0n) is 16.0. The van der Waals surface area contributed by atoms with Crippen LogP contribution in [0.15, 0.2) is 36.4 Å². The highest BCUT2D eigenvalue weighted by Gasteiger charge is 2.28. The molecule has 2 amide bonds. The maximum absolute atomic E-state index is 12.7. The number of benzene rings is 1. The Morgan fingerprint density at radius 2 is 1.93 bits per heavy atom. The van der Waals surface area contributed by atoms with Crippen molar-refractivity contribution in [3.05, 3.63) is 42.1 Å². The molecule has 7 heteroatoms. The topological polar surface area (TPSA) is 70.5 Å². The van der Waals surface area contributed by atoms with Crippen LogP contribution in [0.25, 0.3) is 11.3 Å². The molecule has 0 spiro atoms. The molecule has 1 aliphatic rings. The van der Waals surface area contributed by atoms with Gasteiger partial charge in [-0.15, -0.1) is 0 Å². The van der Waals surface area contributed by atoms with Gasteiger partial charge in [0.15, 0.2) is 0 Å². The minimum Gasteiger partial charge on any atom is -0.353 e. The largest absolute Gasteiger partial charge is 0.353 e. The summed E-state index contributed by atoms with van der Waals surface area (Å²) >= 11 is 0. The molecule has 0 fully saturated rings. The Labute approximate surface area is 159 Å². The zero-order valence-corrected chi connectivity index (χ0v) is 16.0. The number of nitrogens with zero attached hydrogens (tertiary/aromatic N) is 4. The van der Waals surface area contributed by atoms with Gasteiger partial charge in [-0.25, -0.2) is 0 Å². The first kappa shape index (κ1) is 19.1. The molecule has 1 aliphatic heterocycles. The highest BCUT2D eigenvalue weighted by molar-refractivity contribution is 5.96. The number of fused-ring (bicyclic) bond motifs is 1. The summed E-state index contributed by atoms with van der Waals surface area (Å²) in [5.41, 5.74) is 2.30. The van der Waals surface area contributed by atoms with Crippen molar-refractivity contribution < 1.29 is 9.59 Å². The Balaban J connectivity index is 1.58. The first-order valence-corrected chi connectivity index (χ1v) is 9.54. The Morgan fingerprint density at radius 1 is 1.19 bits per heavy atom. The van der Waals surface area contributed by atoms with Gasteiger partial charge in [-0.1, -0.05) is 44.2 Å². The number of carbonyl (C=O) groups is 2. The molecule has 0 bridgehead atoms. The number of carbonyl (C=O) groups excluding carboxylic acids is 2. The molecule has 0 saturated heterocycles. The van der Waals surface area contributed by atoms with Gasteiger partial charge in [0, 0.05) is 25.2 Å². The fraction of sp³-hybridized carbons (Fsp3) is 0.450. The summed E-state index contributed by atoms with van der Waals surface area (Å²) in [7, 11) is 0. The summed E-state index contributed by atoms with van der Waals surface area (Å²) < 4.78 is 1.74. The van der Waals surface area contributed by atoms with Crippen LogP contribution in [-0.2, 0) is 11.3 Å². The van der Waals surface area contributed by atoms with Gasteiger partial charge in [0.2, 0.25) is 5.91 Å². The monoisotopic (exact) mass is 369 g/mol. The summed E-state index contributed by atoms with van der Waals surface area (Å²) in [5, 5.41) is 7.44. The van der Waals surface area contributed by atoms with Gasteiger partial charge < -0.3 is 15.1 Å². The minimum absolute atomic E-state index is 0.0862. The second kappa shape index (κ2) is 8.81. The van der Waals surface area contributed by atoms with Crippen LogP contribution >= 0.6 is 0 Å². The second-order valence-electron chi connectivity index (χ2n) is 6.61. The molecular weight excluding hydrogens is 342 g/mol. The molecule has 0 atom stereocenters. The molecule has 0 aliphatic carbocycles. The van der Waals surface area contributed by atoms with E-state index in [9.17, 15) is 9.59 Å². The quantitative estimate of drug-likeness (QED) is 0.765. The molecule has 1 N–H and O–H groups in total. The Bertz CT molecular complexity index is 783. The Morgan fingerprint density at radius 3 is 2.63 bits per heavy atom. The van der Waals surface area contributed by atoms with Crippen LogP contribution in [-0.4, -0.2) is 70.7 Å². The summed E-state index contributed by atoms with van der Waals surface area (Å²) in [6.07, 6.45) is 0. The predicted molar refractivity (Wildman–Crippen MR) is 104 cm³/mol. The third-order valence-electron chi connectivity index (χ3n) is 4.92. The van der Waals surface area contributed by atoms with Crippen molar-refractivity contribution in [3.63, 3.8) is 0 Å². The molecule has 144 valence electrons. The summed E-state index contributed by atoms with van der Waals surface area (Å²) in [4.78, 5) is 28.8. The highest BCUT2D eigenvalue weighted by Crippen LogP contribution is 2.21. The van der Waals surface area contributed by atoms with Crippen LogP contribution in [0, 0.1) is 0 Å². The van der Waals surface area contributed by atoms with Crippen molar-refractivity contribution in [2.24, 2.45) is 0 Å². The van der Waals surface area contributed by atoms with Gasteiger partial charge in [0.05, 0.1) is 18.8 Å². The maximum Gasteiger partial charge on any atom is 0.272 e. The van der Waals surface area contributed by atoms with Gasteiger partial charge >= 0.3 is 0 Å². The molecule has 27 heavy (non-hydrogen) atoms. The third-order valence-corrected chi connectivity index (χ3v) is 4.92. The summed E-state index contributed by atoms with van der Waals surface area (Å²) in [5.74, 6) is -0.262. The van der Waals surface area contributed by atoms with Crippen LogP contribution in [0.4, 0.5) is 0 Å². The molecule has 1 aromatic carbocycles. The molecular formula is C20H27N5O2. The lowest BCUT2D eigenvalue weighted by atomic mass is 10.1. The SMILES string of the molecule is CCN(CC)CCNC(=O)CN1CCn2nc(-c3ccccc3)cc2C1=O. The van der Waals surface area contributed by atoms with E-state index in [1.165, 1.54) is 0 Å². The number of aromatic nitrogens is 2. The van der Waals surface area contributed by atoms with E-state index in [0.29, 0.717) is 25.3 Å². The Hall–Kier alpha value is -2.67. The normalized spacial score (nSPS) is 13.7. The van der Waals surface area contributed by atoms with E-state index in [0.717, 1.165) is 30.9 Å². The van der Waals surface area contributed by atoms with Gasteiger partial charge in [0.25, 0.3) is 5.91 Å². The number of nitrogens with one attached hydrogen (secondary N) is 1. The standard InChI is InChI=1S/C20H27N5O2/c1-3-23(4-2)11-10-21-19(26)15-24-12-13-25-18(20(24)27)14-17(22-25)16-8-6-5-7-9-16/h5-9,14H,3-4,10-13,15H2,1-2H3,(H,21,26). The fourth-order valence-corrected chi connectivity index (χ4v) is 3.26. The smallest absolute Gasteiger partial charge is 0.272 e. The van der Waals surface area contributed by atoms with E-state index in [4.69, 9.17) is 0 Å². The van der Waals surface area contributed by atoms with Crippen LogP contribution in [0.1, 0.15) is 24.3 Å². The van der Waals surface area contributed by atoms with Crippen molar-refractivity contribution in [1.29, 1.82) is 0 Å². The molecule has 7 nitrogen and oxygen atoms in total. The van der Waals surface area contributed by atoms with Crippen LogP contribution < -0.4 is 5.32 Å². The average Bonchev–Trinajstić information content (AvgIpc) is 3.13. The number of rotatable bonds is 8. The lowest BCUT2D eigenvalue weighted by Gasteiger charge is -2.27. The van der Waals surface area contributed by atoms with Gasteiger partial charge in [0.1, 0.15) is 5.69 Å². The molecule has 2 aromatic rings. The molecule has 1 aromatic heterocycles. The van der Waals surface area contributed by atoms with E-state index in [2.05, 4.69) is 29.2 Å². The van der Waals surface area contributed by atoms with Crippen molar-refractivity contribution >= 4 is 11.8 Å². The van der Waals surface area contributed by atoms with E-state index in [-0.39, 0.29) is 18.4 Å². The minimum atomic E-state index is -0.144. The first-order chi connectivity index (χ1) is 13.1. The average molecular weight is 369 g/mol. The van der Waals surface area contributed by atoms with Crippen LogP contribution in [0.2, 0.25) is 0 Å². The Kier molecular flexibility index (Phi) is 6.24. The van der Waals surface area contributed by atoms with Crippen molar-refractivity contribution in [1.82, 2.24) is 24.9 Å².